The molecule has 1 aromatic heterocycles. The van der Waals surface area contributed by atoms with Crippen LogP contribution in [-0.4, -0.2) is 43.2 Å². The van der Waals surface area contributed by atoms with Gasteiger partial charge < -0.3 is 18.9 Å². The first-order chi connectivity index (χ1) is 9.21. The minimum absolute atomic E-state index is 0.468. The summed E-state index contributed by atoms with van der Waals surface area (Å²) in [5, 5.41) is 4.40. The molecule has 0 spiro atoms. The van der Waals surface area contributed by atoms with Crippen LogP contribution in [0, 0.1) is 0 Å². The first-order valence-corrected chi connectivity index (χ1v) is 6.27. The van der Waals surface area contributed by atoms with Crippen LogP contribution in [0.15, 0.2) is 0 Å². The SMILES string of the molecule is CCCCn1nc(C(OC)OC)nc1C(OC)OC. The van der Waals surface area contributed by atoms with Crippen LogP contribution in [0.3, 0.4) is 0 Å². The van der Waals surface area contributed by atoms with Crippen molar-refractivity contribution in [3.8, 4) is 0 Å². The predicted octanol–water partition coefficient (Wildman–Crippen LogP) is 1.66. The van der Waals surface area contributed by atoms with Crippen LogP contribution in [-0.2, 0) is 25.5 Å². The Bertz CT molecular complexity index is 362. The maximum absolute atomic E-state index is 5.24. The molecule has 0 N–H and O–H groups in total. The number of methoxy groups -OCH3 is 4. The fourth-order valence-corrected chi connectivity index (χ4v) is 1.73. The normalized spacial score (nSPS) is 11.7. The molecule has 0 aliphatic heterocycles. The van der Waals surface area contributed by atoms with Crippen molar-refractivity contribution in [1.82, 2.24) is 14.8 Å². The molecule has 1 aromatic rings. The lowest BCUT2D eigenvalue weighted by Gasteiger charge is -2.13. The van der Waals surface area contributed by atoms with Crippen LogP contribution in [0.4, 0.5) is 0 Å². The molecule has 0 fully saturated rings. The number of rotatable bonds is 9. The van der Waals surface area contributed by atoms with E-state index in [4.69, 9.17) is 18.9 Å². The third-order valence-electron chi connectivity index (χ3n) is 2.72. The first kappa shape index (κ1) is 16.0. The monoisotopic (exact) mass is 273 g/mol. The second kappa shape index (κ2) is 8.21. The zero-order chi connectivity index (χ0) is 14.3. The van der Waals surface area contributed by atoms with E-state index in [1.807, 2.05) is 0 Å². The lowest BCUT2D eigenvalue weighted by atomic mass is 10.3. The van der Waals surface area contributed by atoms with Gasteiger partial charge in [-0.15, -0.1) is 0 Å². The van der Waals surface area contributed by atoms with Gasteiger partial charge in [-0.05, 0) is 6.42 Å². The molecule has 0 atom stereocenters. The Balaban J connectivity index is 3.03. The summed E-state index contributed by atoms with van der Waals surface area (Å²) in [5.74, 6) is 1.09. The van der Waals surface area contributed by atoms with Gasteiger partial charge in [0.2, 0.25) is 18.4 Å². The maximum Gasteiger partial charge on any atom is 0.220 e. The van der Waals surface area contributed by atoms with Gasteiger partial charge in [-0.1, -0.05) is 13.3 Å². The van der Waals surface area contributed by atoms with Crippen LogP contribution in [0.1, 0.15) is 44.0 Å². The molecule has 0 saturated heterocycles. The molecule has 1 rings (SSSR count). The zero-order valence-corrected chi connectivity index (χ0v) is 12.3. The number of aromatic nitrogens is 3. The minimum atomic E-state index is -0.587. The summed E-state index contributed by atoms with van der Waals surface area (Å²) in [7, 11) is 6.23. The number of nitrogens with zero attached hydrogens (tertiary/aromatic N) is 3. The molecule has 0 aromatic carbocycles. The standard InChI is InChI=1S/C12H23N3O4/c1-6-7-8-15-10(12(18-4)19-5)13-9(14-15)11(16-2)17-3/h11-12H,6-8H2,1-5H3. The molecule has 0 bridgehead atoms. The summed E-state index contributed by atoms with van der Waals surface area (Å²) in [6.45, 7) is 2.87. The van der Waals surface area contributed by atoms with E-state index in [0.717, 1.165) is 19.4 Å². The Labute approximate surface area is 113 Å². The smallest absolute Gasteiger partial charge is 0.220 e. The van der Waals surface area contributed by atoms with Crippen molar-refractivity contribution in [2.45, 2.75) is 38.9 Å². The molecular weight excluding hydrogens is 250 g/mol. The van der Waals surface area contributed by atoms with E-state index < -0.39 is 12.6 Å². The number of hydrogen-bond donors (Lipinski definition) is 0. The van der Waals surface area contributed by atoms with Crippen LogP contribution >= 0.6 is 0 Å². The van der Waals surface area contributed by atoms with Gasteiger partial charge in [-0.25, -0.2) is 9.67 Å². The Morgan fingerprint density at radius 3 is 2.05 bits per heavy atom. The van der Waals surface area contributed by atoms with Crippen molar-refractivity contribution in [2.75, 3.05) is 28.4 Å². The van der Waals surface area contributed by atoms with Gasteiger partial charge in [0.05, 0.1) is 0 Å². The van der Waals surface area contributed by atoms with Crippen molar-refractivity contribution in [3.63, 3.8) is 0 Å². The average Bonchev–Trinajstić information content (AvgIpc) is 2.83. The third kappa shape index (κ3) is 3.97. The Kier molecular flexibility index (Phi) is 6.93. The van der Waals surface area contributed by atoms with Crippen molar-refractivity contribution in [3.05, 3.63) is 11.6 Å². The predicted molar refractivity (Wildman–Crippen MR) is 68.4 cm³/mol. The molecule has 0 unspecified atom stereocenters. The molecule has 0 aliphatic carbocycles. The van der Waals surface area contributed by atoms with E-state index >= 15 is 0 Å². The molecule has 7 nitrogen and oxygen atoms in total. The van der Waals surface area contributed by atoms with Crippen molar-refractivity contribution >= 4 is 0 Å². The van der Waals surface area contributed by atoms with E-state index in [-0.39, 0.29) is 0 Å². The minimum Gasteiger partial charge on any atom is -0.349 e. The fourth-order valence-electron chi connectivity index (χ4n) is 1.73. The van der Waals surface area contributed by atoms with E-state index in [2.05, 4.69) is 17.0 Å². The average molecular weight is 273 g/mol. The largest absolute Gasteiger partial charge is 0.349 e. The summed E-state index contributed by atoms with van der Waals surface area (Å²) in [4.78, 5) is 4.40. The lowest BCUT2D eigenvalue weighted by Crippen LogP contribution is -2.13. The lowest BCUT2D eigenvalue weighted by molar-refractivity contribution is -0.116. The van der Waals surface area contributed by atoms with Gasteiger partial charge in [0, 0.05) is 35.0 Å². The van der Waals surface area contributed by atoms with Gasteiger partial charge >= 0.3 is 0 Å². The molecule has 7 heteroatoms. The number of unbranched alkanes of at least 4 members (excludes halogenated alkanes) is 1. The number of aryl methyl sites for hydroxylation is 1. The van der Waals surface area contributed by atoms with Crippen LogP contribution in [0.25, 0.3) is 0 Å². The molecule has 0 aliphatic rings. The molecule has 19 heavy (non-hydrogen) atoms. The highest BCUT2D eigenvalue weighted by atomic mass is 16.7. The summed E-state index contributed by atoms with van der Waals surface area (Å²) in [6, 6.07) is 0. The van der Waals surface area contributed by atoms with Crippen molar-refractivity contribution in [2.24, 2.45) is 0 Å². The van der Waals surface area contributed by atoms with Gasteiger partial charge in [-0.2, -0.15) is 5.10 Å². The molecule has 110 valence electrons. The van der Waals surface area contributed by atoms with E-state index in [9.17, 15) is 0 Å². The van der Waals surface area contributed by atoms with Crippen molar-refractivity contribution < 1.29 is 18.9 Å². The molecule has 0 amide bonds. The van der Waals surface area contributed by atoms with E-state index in [1.165, 1.54) is 0 Å². The van der Waals surface area contributed by atoms with Gasteiger partial charge in [-0.3, -0.25) is 0 Å². The zero-order valence-electron chi connectivity index (χ0n) is 12.3. The molecule has 0 saturated carbocycles. The van der Waals surface area contributed by atoms with Crippen molar-refractivity contribution in [1.29, 1.82) is 0 Å². The highest BCUT2D eigenvalue weighted by molar-refractivity contribution is 4.96. The quantitative estimate of drug-likeness (QED) is 0.637. The Morgan fingerprint density at radius 2 is 1.58 bits per heavy atom. The van der Waals surface area contributed by atoms with Gasteiger partial charge in [0.15, 0.2) is 5.82 Å². The molecule has 1 heterocycles. The highest BCUT2D eigenvalue weighted by Crippen LogP contribution is 2.20. The molecular formula is C12H23N3O4. The highest BCUT2D eigenvalue weighted by Gasteiger charge is 2.23. The third-order valence-corrected chi connectivity index (χ3v) is 2.72. The Hall–Kier alpha value is -1.02. The summed E-state index contributed by atoms with van der Waals surface area (Å²) in [6.07, 6.45) is 0.932. The van der Waals surface area contributed by atoms with E-state index in [1.54, 1.807) is 33.1 Å². The first-order valence-electron chi connectivity index (χ1n) is 6.27. The molecule has 0 radical (unpaired) electrons. The second-order valence-corrected chi connectivity index (χ2v) is 4.01. The Morgan fingerprint density at radius 1 is 1.00 bits per heavy atom. The van der Waals surface area contributed by atoms with Gasteiger partial charge in [0.25, 0.3) is 0 Å². The summed E-state index contributed by atoms with van der Waals surface area (Å²) in [5.41, 5.74) is 0. The topological polar surface area (TPSA) is 67.6 Å². The second-order valence-electron chi connectivity index (χ2n) is 4.01. The van der Waals surface area contributed by atoms with Crippen LogP contribution in [0.2, 0.25) is 0 Å². The van der Waals surface area contributed by atoms with Crippen LogP contribution in [0.5, 0.6) is 0 Å². The summed E-state index contributed by atoms with van der Waals surface area (Å²) < 4.78 is 22.6. The number of ether oxygens (including phenoxy) is 4. The summed E-state index contributed by atoms with van der Waals surface area (Å²) >= 11 is 0. The van der Waals surface area contributed by atoms with Gasteiger partial charge in [0.1, 0.15) is 0 Å². The number of hydrogen-bond acceptors (Lipinski definition) is 6. The van der Waals surface area contributed by atoms with E-state index in [0.29, 0.717) is 11.6 Å². The fraction of sp³-hybridized carbons (Fsp3) is 0.833. The van der Waals surface area contributed by atoms with Crippen LogP contribution < -0.4 is 0 Å². The maximum atomic E-state index is 5.24.